The number of benzene rings is 2. The van der Waals surface area contributed by atoms with E-state index in [-0.39, 0.29) is 6.04 Å². The summed E-state index contributed by atoms with van der Waals surface area (Å²) in [5.41, 5.74) is 3.20. The van der Waals surface area contributed by atoms with E-state index >= 15 is 0 Å². The first-order chi connectivity index (χ1) is 11.7. The van der Waals surface area contributed by atoms with Crippen LogP contribution in [0.5, 0.6) is 0 Å². The van der Waals surface area contributed by atoms with Crippen molar-refractivity contribution in [2.45, 2.75) is 19.1 Å². The average Bonchev–Trinajstić information content (AvgIpc) is 2.92. The summed E-state index contributed by atoms with van der Waals surface area (Å²) in [4.78, 5) is 7.17. The smallest absolute Gasteiger partial charge is 0.124 e. The predicted molar refractivity (Wildman–Crippen MR) is 99.5 cm³/mol. The molecule has 5 heteroatoms. The fourth-order valence-electron chi connectivity index (χ4n) is 3.37. The Labute approximate surface area is 151 Å². The van der Waals surface area contributed by atoms with Crippen LogP contribution in [-0.2, 0) is 13.1 Å². The second kappa shape index (κ2) is 6.25. The SMILES string of the molecule is C=C[C@H]1CN(Cc2ccccc2)Cc2nc3cc(Cl)c(Cl)cc3n21. The van der Waals surface area contributed by atoms with Crippen molar-refractivity contribution in [3.8, 4) is 0 Å². The maximum atomic E-state index is 6.20. The number of nitrogens with zero attached hydrogens (tertiary/aromatic N) is 3. The van der Waals surface area contributed by atoms with Crippen molar-refractivity contribution in [2.24, 2.45) is 0 Å². The van der Waals surface area contributed by atoms with Crippen molar-refractivity contribution in [3.63, 3.8) is 0 Å². The molecule has 24 heavy (non-hydrogen) atoms. The van der Waals surface area contributed by atoms with E-state index in [1.54, 1.807) is 0 Å². The van der Waals surface area contributed by atoms with E-state index < -0.39 is 0 Å². The lowest BCUT2D eigenvalue weighted by Crippen LogP contribution is -2.36. The summed E-state index contributed by atoms with van der Waals surface area (Å²) in [5.74, 6) is 1.02. The van der Waals surface area contributed by atoms with Gasteiger partial charge in [-0.25, -0.2) is 4.98 Å². The molecule has 0 bridgehead atoms. The van der Waals surface area contributed by atoms with Crippen LogP contribution in [-0.4, -0.2) is 21.0 Å². The Morgan fingerprint density at radius 1 is 1.17 bits per heavy atom. The van der Waals surface area contributed by atoms with Crippen molar-refractivity contribution < 1.29 is 0 Å². The monoisotopic (exact) mass is 357 g/mol. The average molecular weight is 358 g/mol. The highest BCUT2D eigenvalue weighted by molar-refractivity contribution is 6.42. The van der Waals surface area contributed by atoms with Gasteiger partial charge < -0.3 is 4.57 Å². The minimum Gasteiger partial charge on any atom is -0.319 e. The van der Waals surface area contributed by atoms with Crippen molar-refractivity contribution in [2.75, 3.05) is 6.54 Å². The number of hydrogen-bond acceptors (Lipinski definition) is 2. The van der Waals surface area contributed by atoms with Gasteiger partial charge in [0.1, 0.15) is 5.82 Å². The Morgan fingerprint density at radius 2 is 1.92 bits per heavy atom. The molecule has 0 unspecified atom stereocenters. The Kier molecular flexibility index (Phi) is 4.09. The van der Waals surface area contributed by atoms with Gasteiger partial charge >= 0.3 is 0 Å². The van der Waals surface area contributed by atoms with Gasteiger partial charge in [-0.3, -0.25) is 4.90 Å². The van der Waals surface area contributed by atoms with Crippen molar-refractivity contribution in [3.05, 3.63) is 76.6 Å². The van der Waals surface area contributed by atoms with Gasteiger partial charge in [0.15, 0.2) is 0 Å². The molecule has 0 radical (unpaired) electrons. The summed E-state index contributed by atoms with van der Waals surface area (Å²) >= 11 is 12.4. The van der Waals surface area contributed by atoms with Gasteiger partial charge in [-0.15, -0.1) is 6.58 Å². The molecule has 2 heterocycles. The first-order valence-corrected chi connectivity index (χ1v) is 8.66. The van der Waals surface area contributed by atoms with E-state index in [9.17, 15) is 0 Å². The van der Waals surface area contributed by atoms with Gasteiger partial charge in [0.25, 0.3) is 0 Å². The van der Waals surface area contributed by atoms with Crippen LogP contribution in [0.15, 0.2) is 55.1 Å². The zero-order valence-corrected chi connectivity index (χ0v) is 14.6. The molecule has 0 amide bonds. The largest absolute Gasteiger partial charge is 0.319 e. The van der Waals surface area contributed by atoms with E-state index in [4.69, 9.17) is 28.2 Å². The Balaban J connectivity index is 1.73. The summed E-state index contributed by atoms with van der Waals surface area (Å²) in [6.07, 6.45) is 1.98. The van der Waals surface area contributed by atoms with E-state index in [1.807, 2.05) is 24.3 Å². The van der Waals surface area contributed by atoms with Crippen molar-refractivity contribution >= 4 is 34.2 Å². The van der Waals surface area contributed by atoms with Crippen LogP contribution < -0.4 is 0 Å². The topological polar surface area (TPSA) is 21.1 Å². The summed E-state index contributed by atoms with van der Waals surface area (Å²) in [5, 5.41) is 1.09. The van der Waals surface area contributed by atoms with Crippen molar-refractivity contribution in [1.82, 2.24) is 14.5 Å². The number of aromatic nitrogens is 2. The normalized spacial score (nSPS) is 17.8. The number of halogens is 2. The zero-order valence-electron chi connectivity index (χ0n) is 13.1. The van der Waals surface area contributed by atoms with E-state index in [1.165, 1.54) is 5.56 Å². The van der Waals surface area contributed by atoms with Gasteiger partial charge in [0.05, 0.1) is 33.7 Å². The molecule has 122 valence electrons. The Hall–Kier alpha value is -1.81. The molecule has 4 rings (SSSR count). The molecule has 2 aromatic carbocycles. The molecule has 3 nitrogen and oxygen atoms in total. The number of fused-ring (bicyclic) bond motifs is 3. The molecule has 0 N–H and O–H groups in total. The van der Waals surface area contributed by atoms with E-state index in [0.717, 1.165) is 36.5 Å². The van der Waals surface area contributed by atoms with Crippen LogP contribution in [0, 0.1) is 0 Å². The first kappa shape index (κ1) is 15.7. The summed E-state index contributed by atoms with van der Waals surface area (Å²) < 4.78 is 2.23. The molecule has 1 aliphatic heterocycles. The molecule has 3 aromatic rings. The highest BCUT2D eigenvalue weighted by Crippen LogP contribution is 2.33. The van der Waals surface area contributed by atoms with Gasteiger partial charge in [-0.2, -0.15) is 0 Å². The van der Waals surface area contributed by atoms with E-state index in [0.29, 0.717) is 10.0 Å². The number of hydrogen-bond donors (Lipinski definition) is 0. The quantitative estimate of drug-likeness (QED) is 0.609. The van der Waals surface area contributed by atoms with Crippen LogP contribution in [0.3, 0.4) is 0 Å². The fraction of sp³-hybridized carbons (Fsp3) is 0.211. The summed E-state index contributed by atoms with van der Waals surface area (Å²) in [6.45, 7) is 6.61. The van der Waals surface area contributed by atoms with Gasteiger partial charge in [-0.1, -0.05) is 59.6 Å². The van der Waals surface area contributed by atoms with Crippen LogP contribution in [0.25, 0.3) is 11.0 Å². The molecule has 1 atom stereocenters. The standard InChI is InChI=1S/C19H17Cl2N3/c1-2-14-11-23(10-13-6-4-3-5-7-13)12-19-22-17-8-15(20)16(21)9-18(17)24(14)19/h2-9,14H,1,10-12H2/t14-/m0/s1. The lowest BCUT2D eigenvalue weighted by atomic mass is 10.1. The second-order valence-corrected chi connectivity index (χ2v) is 6.93. The first-order valence-electron chi connectivity index (χ1n) is 7.90. The molecule has 0 saturated heterocycles. The second-order valence-electron chi connectivity index (χ2n) is 6.11. The van der Waals surface area contributed by atoms with Crippen LogP contribution in [0.2, 0.25) is 10.0 Å². The lowest BCUT2D eigenvalue weighted by molar-refractivity contribution is 0.194. The highest BCUT2D eigenvalue weighted by atomic mass is 35.5. The lowest BCUT2D eigenvalue weighted by Gasteiger charge is -2.33. The van der Waals surface area contributed by atoms with Crippen molar-refractivity contribution in [1.29, 1.82) is 0 Å². The third kappa shape index (κ3) is 2.73. The number of imidazole rings is 1. The summed E-state index contributed by atoms with van der Waals surface area (Å²) in [7, 11) is 0. The van der Waals surface area contributed by atoms with E-state index in [2.05, 4.69) is 40.3 Å². The molecule has 0 aliphatic carbocycles. The molecule has 1 aliphatic rings. The molecule has 0 spiro atoms. The minimum atomic E-state index is 0.166. The zero-order chi connectivity index (χ0) is 16.7. The van der Waals surface area contributed by atoms with Crippen LogP contribution in [0.4, 0.5) is 0 Å². The van der Waals surface area contributed by atoms with Crippen LogP contribution >= 0.6 is 23.2 Å². The molecular formula is C19H17Cl2N3. The summed E-state index contributed by atoms with van der Waals surface area (Å²) in [6, 6.07) is 14.4. The number of rotatable bonds is 3. The maximum Gasteiger partial charge on any atom is 0.124 e. The molecule has 0 saturated carbocycles. The predicted octanol–water partition coefficient (Wildman–Crippen LogP) is 5.09. The van der Waals surface area contributed by atoms with Gasteiger partial charge in [0, 0.05) is 13.1 Å². The molecular weight excluding hydrogens is 341 g/mol. The van der Waals surface area contributed by atoms with Gasteiger partial charge in [0.2, 0.25) is 0 Å². The third-order valence-electron chi connectivity index (χ3n) is 4.47. The van der Waals surface area contributed by atoms with Gasteiger partial charge in [-0.05, 0) is 17.7 Å². The molecule has 1 aromatic heterocycles. The Morgan fingerprint density at radius 3 is 2.67 bits per heavy atom. The third-order valence-corrected chi connectivity index (χ3v) is 5.19. The maximum absolute atomic E-state index is 6.20. The Bertz CT molecular complexity index is 902. The fourth-order valence-corrected chi connectivity index (χ4v) is 3.69. The molecule has 0 fully saturated rings. The van der Waals surface area contributed by atoms with Crippen LogP contribution in [0.1, 0.15) is 17.4 Å². The minimum absolute atomic E-state index is 0.166. The highest BCUT2D eigenvalue weighted by Gasteiger charge is 2.26.